The molecule has 0 aliphatic carbocycles. The maximum absolute atomic E-state index is 12.6. The maximum atomic E-state index is 12.6. The van der Waals surface area contributed by atoms with Gasteiger partial charge in [-0.25, -0.2) is 13.4 Å². The standard InChI is InChI=1S/C17H18N4O4S2/c1-10-2-3-12-14(8-10)26-17(18-12)19-16(23)13-4-5-15(22)21(20-13)11-6-7-27(24,25)9-11/h2-4,8,11,20H,5-7,9H2,1H3,(H,18,19,23)/t11-/m1/s1. The summed E-state index contributed by atoms with van der Waals surface area (Å²) in [5, 5.41) is 4.49. The Bertz CT molecular complexity index is 1070. The summed E-state index contributed by atoms with van der Waals surface area (Å²) in [6.45, 7) is 1.99. The van der Waals surface area contributed by atoms with Crippen LogP contribution in [0, 0.1) is 6.92 Å². The number of hydrogen-bond acceptors (Lipinski definition) is 7. The monoisotopic (exact) mass is 406 g/mol. The molecule has 0 radical (unpaired) electrons. The van der Waals surface area contributed by atoms with Gasteiger partial charge in [0, 0.05) is 6.42 Å². The topological polar surface area (TPSA) is 108 Å². The summed E-state index contributed by atoms with van der Waals surface area (Å²) in [4.78, 5) is 29.1. The Hall–Kier alpha value is -2.46. The Morgan fingerprint density at radius 2 is 2.22 bits per heavy atom. The number of carbonyl (C=O) groups is 2. The first kappa shape index (κ1) is 17.9. The summed E-state index contributed by atoms with van der Waals surface area (Å²) in [6.07, 6.45) is 1.92. The summed E-state index contributed by atoms with van der Waals surface area (Å²) in [5.74, 6) is -0.689. The number of aromatic nitrogens is 1. The predicted molar refractivity (Wildman–Crippen MR) is 103 cm³/mol. The van der Waals surface area contributed by atoms with Gasteiger partial charge >= 0.3 is 0 Å². The van der Waals surface area contributed by atoms with Crippen molar-refractivity contribution in [1.82, 2.24) is 15.4 Å². The normalized spacial score (nSPS) is 21.8. The number of hydrazine groups is 1. The molecule has 2 aliphatic rings. The molecule has 0 saturated carbocycles. The van der Waals surface area contributed by atoms with Gasteiger partial charge in [0.05, 0.1) is 27.8 Å². The van der Waals surface area contributed by atoms with Crippen LogP contribution >= 0.6 is 11.3 Å². The lowest BCUT2D eigenvalue weighted by molar-refractivity contribution is -0.136. The van der Waals surface area contributed by atoms with Crippen molar-refractivity contribution in [3.05, 3.63) is 35.5 Å². The van der Waals surface area contributed by atoms with E-state index in [1.807, 2.05) is 25.1 Å². The highest BCUT2D eigenvalue weighted by Gasteiger charge is 2.37. The first-order valence-electron chi connectivity index (χ1n) is 8.48. The number of nitrogens with zero attached hydrogens (tertiary/aromatic N) is 2. The van der Waals surface area contributed by atoms with Crippen molar-refractivity contribution in [1.29, 1.82) is 0 Å². The van der Waals surface area contributed by atoms with Crippen molar-refractivity contribution < 1.29 is 18.0 Å². The molecule has 0 unspecified atom stereocenters. The number of thiazole rings is 1. The fourth-order valence-corrected chi connectivity index (χ4v) is 5.85. The third kappa shape index (κ3) is 3.67. The van der Waals surface area contributed by atoms with E-state index in [0.29, 0.717) is 11.6 Å². The number of sulfone groups is 1. The Morgan fingerprint density at radius 3 is 2.96 bits per heavy atom. The van der Waals surface area contributed by atoms with E-state index >= 15 is 0 Å². The third-order valence-corrected chi connectivity index (χ3v) is 7.26. The minimum absolute atomic E-state index is 0.0470. The van der Waals surface area contributed by atoms with E-state index in [2.05, 4.69) is 15.7 Å². The van der Waals surface area contributed by atoms with E-state index in [0.717, 1.165) is 15.8 Å². The van der Waals surface area contributed by atoms with E-state index in [-0.39, 0.29) is 29.5 Å². The Balaban J connectivity index is 1.48. The van der Waals surface area contributed by atoms with Crippen molar-refractivity contribution in [2.75, 3.05) is 16.8 Å². The first-order chi connectivity index (χ1) is 12.8. The highest BCUT2D eigenvalue weighted by atomic mass is 32.2. The molecule has 1 atom stereocenters. The summed E-state index contributed by atoms with van der Waals surface area (Å²) >= 11 is 1.37. The summed E-state index contributed by atoms with van der Waals surface area (Å²) < 4.78 is 24.4. The molecule has 3 heterocycles. The van der Waals surface area contributed by atoms with Crippen LogP contribution < -0.4 is 10.7 Å². The van der Waals surface area contributed by atoms with E-state index in [1.54, 1.807) is 0 Å². The molecule has 1 fully saturated rings. The molecule has 8 nitrogen and oxygen atoms in total. The fraction of sp³-hybridized carbons (Fsp3) is 0.353. The zero-order valence-corrected chi connectivity index (χ0v) is 16.2. The predicted octanol–water partition coefficient (Wildman–Crippen LogP) is 1.35. The van der Waals surface area contributed by atoms with Crippen LogP contribution in [0.15, 0.2) is 30.0 Å². The SMILES string of the molecule is Cc1ccc2nc(NC(=O)C3=CCC(=O)N([C@@H]4CCS(=O)(=O)C4)N3)sc2c1. The molecule has 1 aromatic carbocycles. The van der Waals surface area contributed by atoms with Crippen molar-refractivity contribution in [3.63, 3.8) is 0 Å². The third-order valence-electron chi connectivity index (χ3n) is 4.57. The van der Waals surface area contributed by atoms with E-state index in [9.17, 15) is 18.0 Å². The van der Waals surface area contributed by atoms with Crippen LogP contribution in [0.2, 0.25) is 0 Å². The van der Waals surface area contributed by atoms with Gasteiger partial charge in [-0.2, -0.15) is 0 Å². The number of benzene rings is 1. The highest BCUT2D eigenvalue weighted by molar-refractivity contribution is 7.91. The number of carbonyl (C=O) groups excluding carboxylic acids is 2. The van der Waals surface area contributed by atoms with E-state index in [1.165, 1.54) is 22.4 Å². The molecule has 1 saturated heterocycles. The summed E-state index contributed by atoms with van der Waals surface area (Å²) in [7, 11) is -3.14. The summed E-state index contributed by atoms with van der Waals surface area (Å²) in [6, 6.07) is 5.40. The minimum atomic E-state index is -3.14. The minimum Gasteiger partial charge on any atom is -0.296 e. The number of aryl methyl sites for hydroxylation is 1. The van der Waals surface area contributed by atoms with E-state index < -0.39 is 21.8 Å². The zero-order chi connectivity index (χ0) is 19.2. The van der Waals surface area contributed by atoms with Crippen LogP contribution in [-0.2, 0) is 19.4 Å². The van der Waals surface area contributed by atoms with Gasteiger partial charge < -0.3 is 0 Å². The fourth-order valence-electron chi connectivity index (χ4n) is 3.19. The quantitative estimate of drug-likeness (QED) is 0.797. The molecule has 0 spiro atoms. The molecule has 2 aromatic rings. The molecule has 2 amide bonds. The molecule has 1 aromatic heterocycles. The molecule has 2 aliphatic heterocycles. The van der Waals surface area contributed by atoms with Crippen molar-refractivity contribution in [3.8, 4) is 0 Å². The average molecular weight is 406 g/mol. The number of nitrogens with one attached hydrogen (secondary N) is 2. The van der Waals surface area contributed by atoms with Crippen LogP contribution in [0.4, 0.5) is 5.13 Å². The first-order valence-corrected chi connectivity index (χ1v) is 11.1. The van der Waals surface area contributed by atoms with Crippen molar-refractivity contribution in [2.45, 2.75) is 25.8 Å². The zero-order valence-electron chi connectivity index (χ0n) is 14.6. The van der Waals surface area contributed by atoms with Gasteiger partial charge in [-0.05, 0) is 37.1 Å². The molecule has 27 heavy (non-hydrogen) atoms. The molecule has 10 heteroatoms. The number of rotatable bonds is 3. The van der Waals surface area contributed by atoms with Crippen LogP contribution in [0.1, 0.15) is 18.4 Å². The molecular weight excluding hydrogens is 388 g/mol. The van der Waals surface area contributed by atoms with Crippen molar-refractivity contribution in [2.24, 2.45) is 0 Å². The second kappa shape index (κ2) is 6.61. The number of hydrogen-bond donors (Lipinski definition) is 2. The number of fused-ring (bicyclic) bond motifs is 1. The van der Waals surface area contributed by atoms with Gasteiger partial charge in [0.1, 0.15) is 5.70 Å². The van der Waals surface area contributed by atoms with Gasteiger partial charge in [0.2, 0.25) is 5.91 Å². The highest BCUT2D eigenvalue weighted by Crippen LogP contribution is 2.27. The number of amides is 2. The molecular formula is C17H18N4O4S2. The Labute approximate surface area is 160 Å². The molecule has 142 valence electrons. The average Bonchev–Trinajstić information content (AvgIpc) is 3.16. The molecule has 4 rings (SSSR count). The maximum Gasteiger partial charge on any atom is 0.275 e. The lowest BCUT2D eigenvalue weighted by Crippen LogP contribution is -2.53. The second-order valence-corrected chi connectivity index (χ2v) is 9.96. The van der Waals surface area contributed by atoms with E-state index in [4.69, 9.17) is 0 Å². The lowest BCUT2D eigenvalue weighted by Gasteiger charge is -2.32. The van der Waals surface area contributed by atoms with Crippen LogP contribution in [0.25, 0.3) is 10.2 Å². The van der Waals surface area contributed by atoms with Crippen LogP contribution in [-0.4, -0.2) is 47.8 Å². The largest absolute Gasteiger partial charge is 0.296 e. The van der Waals surface area contributed by atoms with Gasteiger partial charge in [-0.15, -0.1) is 0 Å². The van der Waals surface area contributed by atoms with Crippen LogP contribution in [0.3, 0.4) is 0 Å². The lowest BCUT2D eigenvalue weighted by atomic mass is 10.2. The molecule has 0 bridgehead atoms. The van der Waals surface area contributed by atoms with Crippen LogP contribution in [0.5, 0.6) is 0 Å². The van der Waals surface area contributed by atoms with Gasteiger partial charge in [0.25, 0.3) is 5.91 Å². The molecule has 2 N–H and O–H groups in total. The van der Waals surface area contributed by atoms with Crippen molar-refractivity contribution >= 4 is 48.3 Å². The van der Waals surface area contributed by atoms with Gasteiger partial charge in [-0.3, -0.25) is 25.3 Å². The van der Waals surface area contributed by atoms with Gasteiger partial charge in [-0.1, -0.05) is 17.4 Å². The van der Waals surface area contributed by atoms with Gasteiger partial charge in [0.15, 0.2) is 15.0 Å². The Morgan fingerprint density at radius 1 is 1.41 bits per heavy atom. The summed E-state index contributed by atoms with van der Waals surface area (Å²) in [5.41, 5.74) is 4.93. The second-order valence-electron chi connectivity index (χ2n) is 6.70. The smallest absolute Gasteiger partial charge is 0.275 e. The number of anilines is 1. The Kier molecular flexibility index (Phi) is 4.39.